The van der Waals surface area contributed by atoms with Gasteiger partial charge in [-0.15, -0.1) is 0 Å². The third-order valence-electron chi connectivity index (χ3n) is 3.79. The van der Waals surface area contributed by atoms with Crippen LogP contribution in [0.5, 0.6) is 0 Å². The van der Waals surface area contributed by atoms with E-state index in [0.29, 0.717) is 0 Å². The monoisotopic (exact) mass is 372 g/mol. The van der Waals surface area contributed by atoms with Crippen molar-refractivity contribution in [1.82, 2.24) is 9.80 Å². The van der Waals surface area contributed by atoms with Crippen molar-refractivity contribution in [3.05, 3.63) is 34.6 Å². The molecule has 1 aliphatic rings. The Balaban J connectivity index is 2.13. The van der Waals surface area contributed by atoms with E-state index in [0.717, 1.165) is 0 Å². The van der Waals surface area contributed by atoms with Gasteiger partial charge in [-0.25, -0.2) is 9.18 Å². The van der Waals surface area contributed by atoms with Gasteiger partial charge in [-0.1, -0.05) is 17.7 Å². The molecule has 6 nitrogen and oxygen atoms in total. The number of halogens is 2. The molecule has 0 aliphatic carbocycles. The summed E-state index contributed by atoms with van der Waals surface area (Å²) in [5.41, 5.74) is -0.792. The molecule has 1 heterocycles. The lowest BCUT2D eigenvalue weighted by atomic mass is 10.1. The number of carbonyl (C=O) groups is 2. The molecular formula is C17H22ClFN2O4. The number of nitrogens with zero attached hydrogens (tertiary/aromatic N) is 2. The van der Waals surface area contributed by atoms with E-state index in [4.69, 9.17) is 16.3 Å². The van der Waals surface area contributed by atoms with E-state index in [9.17, 15) is 19.1 Å². The zero-order valence-electron chi connectivity index (χ0n) is 14.5. The second-order valence-corrected chi connectivity index (χ2v) is 7.27. The first-order valence-corrected chi connectivity index (χ1v) is 8.35. The minimum absolute atomic E-state index is 0.110. The highest BCUT2D eigenvalue weighted by Crippen LogP contribution is 2.22. The predicted octanol–water partition coefficient (Wildman–Crippen LogP) is 2.53. The van der Waals surface area contributed by atoms with Crippen LogP contribution in [0.3, 0.4) is 0 Å². The van der Waals surface area contributed by atoms with Crippen LogP contribution in [-0.4, -0.2) is 64.8 Å². The van der Waals surface area contributed by atoms with Gasteiger partial charge in [0.15, 0.2) is 5.82 Å². The van der Waals surface area contributed by atoms with Gasteiger partial charge in [0.2, 0.25) is 0 Å². The number of aliphatic hydroxyl groups excluding tert-OH is 1. The van der Waals surface area contributed by atoms with E-state index in [-0.39, 0.29) is 36.8 Å². The largest absolute Gasteiger partial charge is 0.444 e. The van der Waals surface area contributed by atoms with Gasteiger partial charge in [-0.3, -0.25) is 4.79 Å². The molecule has 1 saturated heterocycles. The number of piperazine rings is 1. The summed E-state index contributed by atoms with van der Waals surface area (Å²) in [5.74, 6) is -1.36. The van der Waals surface area contributed by atoms with Gasteiger partial charge in [-0.05, 0) is 32.9 Å². The summed E-state index contributed by atoms with van der Waals surface area (Å²) in [6.45, 7) is 5.43. The highest BCUT2D eigenvalue weighted by atomic mass is 35.5. The Morgan fingerprint density at radius 3 is 2.64 bits per heavy atom. The molecule has 1 aliphatic heterocycles. The number of carbonyl (C=O) groups excluding carboxylic acids is 2. The molecule has 0 radical (unpaired) electrons. The van der Waals surface area contributed by atoms with Crippen molar-refractivity contribution in [1.29, 1.82) is 0 Å². The summed E-state index contributed by atoms with van der Waals surface area (Å²) >= 11 is 5.73. The maximum Gasteiger partial charge on any atom is 0.410 e. The van der Waals surface area contributed by atoms with E-state index in [1.54, 1.807) is 20.8 Å². The van der Waals surface area contributed by atoms with Crippen LogP contribution < -0.4 is 0 Å². The molecule has 2 rings (SSSR count). The fraction of sp³-hybridized carbons (Fsp3) is 0.529. The summed E-state index contributed by atoms with van der Waals surface area (Å²) in [7, 11) is 0. The van der Waals surface area contributed by atoms with Crippen molar-refractivity contribution in [2.75, 3.05) is 26.2 Å². The van der Waals surface area contributed by atoms with E-state index in [1.807, 2.05) is 0 Å². The first kappa shape index (κ1) is 19.5. The average molecular weight is 373 g/mol. The minimum Gasteiger partial charge on any atom is -0.444 e. The molecular weight excluding hydrogens is 351 g/mol. The highest BCUT2D eigenvalue weighted by Gasteiger charge is 2.35. The Morgan fingerprint density at radius 2 is 2.04 bits per heavy atom. The van der Waals surface area contributed by atoms with Crippen LogP contribution in [0.2, 0.25) is 5.02 Å². The van der Waals surface area contributed by atoms with Crippen LogP contribution in [-0.2, 0) is 4.74 Å². The highest BCUT2D eigenvalue weighted by molar-refractivity contribution is 6.31. The first-order chi connectivity index (χ1) is 11.6. The van der Waals surface area contributed by atoms with Gasteiger partial charge >= 0.3 is 6.09 Å². The maximum atomic E-state index is 14.1. The zero-order valence-corrected chi connectivity index (χ0v) is 15.2. The quantitative estimate of drug-likeness (QED) is 0.866. The number of benzene rings is 1. The SMILES string of the molecule is CC(C)(C)OC(=O)N1CCN(C(=O)c2cccc(Cl)c2F)C(CO)C1. The molecule has 1 unspecified atom stereocenters. The van der Waals surface area contributed by atoms with Crippen molar-refractivity contribution in [2.24, 2.45) is 0 Å². The van der Waals surface area contributed by atoms with Crippen LogP contribution in [0.1, 0.15) is 31.1 Å². The predicted molar refractivity (Wildman–Crippen MR) is 91.1 cm³/mol. The van der Waals surface area contributed by atoms with Crippen molar-refractivity contribution in [2.45, 2.75) is 32.4 Å². The fourth-order valence-electron chi connectivity index (χ4n) is 2.59. The lowest BCUT2D eigenvalue weighted by molar-refractivity contribution is -0.00255. The number of aliphatic hydroxyl groups is 1. The summed E-state index contributed by atoms with van der Waals surface area (Å²) in [5, 5.41) is 9.48. The summed E-state index contributed by atoms with van der Waals surface area (Å²) in [6, 6.07) is 3.55. The molecule has 0 saturated carbocycles. The Bertz CT molecular complexity index is 663. The van der Waals surface area contributed by atoms with E-state index in [2.05, 4.69) is 0 Å². The first-order valence-electron chi connectivity index (χ1n) is 7.98. The summed E-state index contributed by atoms with van der Waals surface area (Å²) in [4.78, 5) is 27.6. The average Bonchev–Trinajstić information content (AvgIpc) is 2.54. The molecule has 1 fully saturated rings. The molecule has 1 atom stereocenters. The molecule has 8 heteroatoms. The smallest absolute Gasteiger partial charge is 0.410 e. The van der Waals surface area contributed by atoms with Crippen LogP contribution in [0, 0.1) is 5.82 Å². The fourth-order valence-corrected chi connectivity index (χ4v) is 2.77. The van der Waals surface area contributed by atoms with E-state index in [1.165, 1.54) is 28.0 Å². The van der Waals surface area contributed by atoms with Crippen molar-refractivity contribution in [3.63, 3.8) is 0 Å². The second kappa shape index (κ2) is 7.58. The maximum absolute atomic E-state index is 14.1. The van der Waals surface area contributed by atoms with Gasteiger partial charge in [0, 0.05) is 19.6 Å². The van der Waals surface area contributed by atoms with Crippen molar-refractivity contribution >= 4 is 23.6 Å². The second-order valence-electron chi connectivity index (χ2n) is 6.86. The van der Waals surface area contributed by atoms with Gasteiger partial charge in [0.25, 0.3) is 5.91 Å². The Hall–Kier alpha value is -1.86. The van der Waals surface area contributed by atoms with E-state index >= 15 is 0 Å². The topological polar surface area (TPSA) is 70.1 Å². The van der Waals surface area contributed by atoms with Gasteiger partial charge in [0.1, 0.15) is 5.60 Å². The van der Waals surface area contributed by atoms with Gasteiger partial charge in [0.05, 0.1) is 23.2 Å². The third kappa shape index (κ3) is 4.61. The number of amides is 2. The summed E-state index contributed by atoms with van der Waals surface area (Å²) < 4.78 is 19.4. The number of hydrogen-bond acceptors (Lipinski definition) is 4. The molecule has 1 aromatic rings. The van der Waals surface area contributed by atoms with Crippen molar-refractivity contribution < 1.29 is 23.8 Å². The Kier molecular flexibility index (Phi) is 5.90. The van der Waals surface area contributed by atoms with Crippen LogP contribution in [0.15, 0.2) is 18.2 Å². The molecule has 0 spiro atoms. The summed E-state index contributed by atoms with van der Waals surface area (Å²) in [6.07, 6.45) is -0.507. The van der Waals surface area contributed by atoms with Crippen LogP contribution >= 0.6 is 11.6 Å². The minimum atomic E-state index is -0.791. The lowest BCUT2D eigenvalue weighted by Crippen LogP contribution is -2.58. The number of hydrogen-bond donors (Lipinski definition) is 1. The normalized spacial score (nSPS) is 18.2. The van der Waals surface area contributed by atoms with Gasteiger partial charge < -0.3 is 19.6 Å². The van der Waals surface area contributed by atoms with E-state index < -0.39 is 29.5 Å². The number of ether oxygens (including phenoxy) is 1. The van der Waals surface area contributed by atoms with Crippen LogP contribution in [0.25, 0.3) is 0 Å². The Morgan fingerprint density at radius 1 is 1.36 bits per heavy atom. The molecule has 1 aromatic carbocycles. The lowest BCUT2D eigenvalue weighted by Gasteiger charge is -2.41. The molecule has 0 aromatic heterocycles. The zero-order chi connectivity index (χ0) is 18.8. The molecule has 0 bridgehead atoms. The molecule has 1 N–H and O–H groups in total. The molecule has 25 heavy (non-hydrogen) atoms. The standard InChI is InChI=1S/C17H22ClFN2O4/c1-17(2,3)25-16(24)20-7-8-21(11(9-20)10-22)15(23)12-5-4-6-13(18)14(12)19/h4-6,11,22H,7-10H2,1-3H3. The van der Waals surface area contributed by atoms with Gasteiger partial charge in [-0.2, -0.15) is 0 Å². The molecule has 2 amide bonds. The third-order valence-corrected chi connectivity index (χ3v) is 4.08. The van der Waals surface area contributed by atoms with Crippen molar-refractivity contribution in [3.8, 4) is 0 Å². The van der Waals surface area contributed by atoms with Crippen LogP contribution in [0.4, 0.5) is 9.18 Å². The molecule has 138 valence electrons. The Labute approximate surface area is 151 Å². The number of rotatable bonds is 2.